The number of ketones is 1. The van der Waals surface area contributed by atoms with Gasteiger partial charge in [0.25, 0.3) is 0 Å². The van der Waals surface area contributed by atoms with Gasteiger partial charge in [0.05, 0.1) is 0 Å². The molecular weight excluding hydrogens is 436 g/mol. The van der Waals surface area contributed by atoms with E-state index < -0.39 is 5.91 Å². The van der Waals surface area contributed by atoms with E-state index in [2.05, 4.69) is 11.4 Å². The first kappa shape index (κ1) is 22.1. The van der Waals surface area contributed by atoms with Gasteiger partial charge in [0.1, 0.15) is 17.4 Å². The second-order valence-corrected chi connectivity index (χ2v) is 7.77. The smallest absolute Gasteiger partial charge is 0.227 e. The molecule has 0 fully saturated rings. The Morgan fingerprint density at radius 2 is 1.45 bits per heavy atom. The van der Waals surface area contributed by atoms with Gasteiger partial charge in [0, 0.05) is 34.6 Å². The van der Waals surface area contributed by atoms with Gasteiger partial charge < -0.3 is 4.42 Å². The van der Waals surface area contributed by atoms with Gasteiger partial charge in [-0.1, -0.05) is 72.3 Å². The molecule has 0 aliphatic carbocycles. The van der Waals surface area contributed by atoms with Crippen molar-refractivity contribution in [3.05, 3.63) is 101 Å². The summed E-state index contributed by atoms with van der Waals surface area (Å²) in [6.07, 6.45) is -0.0263. The number of Topliss-reactive ketones (excluding diaryl/α,β-unsaturated/α-hetero) is 1. The van der Waals surface area contributed by atoms with Gasteiger partial charge in [-0.15, -0.1) is 0 Å². The number of furan rings is 1. The van der Waals surface area contributed by atoms with Crippen molar-refractivity contribution < 1.29 is 14.0 Å². The molecule has 33 heavy (non-hydrogen) atoms. The number of nitrogens with one attached hydrogen (secondary N) is 1. The average molecular weight is 455 g/mol. The van der Waals surface area contributed by atoms with Crippen LogP contribution >= 0.6 is 11.6 Å². The lowest BCUT2D eigenvalue weighted by Crippen LogP contribution is -2.13. The van der Waals surface area contributed by atoms with Crippen LogP contribution in [0.25, 0.3) is 22.5 Å². The third-order valence-electron chi connectivity index (χ3n) is 5.12. The maximum absolute atomic E-state index is 12.6. The van der Waals surface area contributed by atoms with Gasteiger partial charge in [-0.05, 0) is 29.8 Å². The average Bonchev–Trinajstić information content (AvgIpc) is 3.22. The van der Waals surface area contributed by atoms with Crippen molar-refractivity contribution in [2.24, 2.45) is 0 Å². The van der Waals surface area contributed by atoms with Crippen LogP contribution in [0.15, 0.2) is 89.3 Å². The largest absolute Gasteiger partial charge is 0.438 e. The van der Waals surface area contributed by atoms with Crippen molar-refractivity contribution in [3.63, 3.8) is 0 Å². The Balaban J connectivity index is 1.59. The second-order valence-electron chi connectivity index (χ2n) is 7.33. The Morgan fingerprint density at radius 1 is 0.848 bits per heavy atom. The van der Waals surface area contributed by atoms with Gasteiger partial charge in [0.15, 0.2) is 5.78 Å². The standard InChI is InChI=1S/C27H19ClN2O3/c28-21-13-11-18(12-14-21)23(31)15-16-24(32)30-27-22(17-29)25(19-7-3-1-4-8-19)26(33-27)20-9-5-2-6-10-20/h1-14H,15-16H2,(H,30,32). The Kier molecular flexibility index (Phi) is 6.68. The first-order valence-corrected chi connectivity index (χ1v) is 10.7. The fourth-order valence-electron chi connectivity index (χ4n) is 3.50. The molecule has 0 aliphatic heterocycles. The Bertz CT molecular complexity index is 1320. The second kappa shape index (κ2) is 9.99. The van der Waals surface area contributed by atoms with Crippen LogP contribution in [0, 0.1) is 11.3 Å². The summed E-state index contributed by atoms with van der Waals surface area (Å²) in [5.74, 6) is -0.0245. The first-order chi connectivity index (χ1) is 16.1. The van der Waals surface area contributed by atoms with Crippen molar-refractivity contribution in [2.45, 2.75) is 12.8 Å². The first-order valence-electron chi connectivity index (χ1n) is 10.3. The number of halogens is 1. The molecule has 0 saturated carbocycles. The summed E-state index contributed by atoms with van der Waals surface area (Å²) in [7, 11) is 0. The summed E-state index contributed by atoms with van der Waals surface area (Å²) in [5, 5.41) is 13.1. The number of nitriles is 1. The molecule has 1 amide bonds. The predicted molar refractivity (Wildman–Crippen MR) is 128 cm³/mol. The predicted octanol–water partition coefficient (Wildman–Crippen LogP) is 6.74. The number of carbonyl (C=O) groups excluding carboxylic acids is 2. The number of amides is 1. The monoisotopic (exact) mass is 454 g/mol. The third kappa shape index (κ3) is 5.03. The summed E-state index contributed by atoms with van der Waals surface area (Å²) >= 11 is 5.85. The fraction of sp³-hybridized carbons (Fsp3) is 0.0741. The molecule has 0 unspecified atom stereocenters. The number of carbonyl (C=O) groups is 2. The lowest BCUT2D eigenvalue weighted by molar-refractivity contribution is -0.116. The Morgan fingerprint density at radius 3 is 2.06 bits per heavy atom. The summed E-state index contributed by atoms with van der Waals surface area (Å²) in [5.41, 5.74) is 2.91. The van der Waals surface area contributed by atoms with Gasteiger partial charge in [0.2, 0.25) is 11.8 Å². The molecule has 0 bridgehead atoms. The maximum atomic E-state index is 12.6. The molecule has 6 heteroatoms. The normalized spacial score (nSPS) is 10.4. The van der Waals surface area contributed by atoms with Crippen LogP contribution in [-0.2, 0) is 4.79 Å². The highest BCUT2D eigenvalue weighted by molar-refractivity contribution is 6.30. The quantitative estimate of drug-likeness (QED) is 0.313. The van der Waals surface area contributed by atoms with E-state index in [1.165, 1.54) is 0 Å². The van der Waals surface area contributed by atoms with E-state index in [1.54, 1.807) is 24.3 Å². The zero-order valence-corrected chi connectivity index (χ0v) is 18.3. The topological polar surface area (TPSA) is 83.1 Å². The van der Waals surface area contributed by atoms with E-state index >= 15 is 0 Å². The van der Waals surface area contributed by atoms with E-state index in [-0.39, 0.29) is 30.1 Å². The summed E-state index contributed by atoms with van der Waals surface area (Å²) in [4.78, 5) is 25.0. The Labute approximate surface area is 196 Å². The van der Waals surface area contributed by atoms with Crippen molar-refractivity contribution in [3.8, 4) is 28.5 Å². The maximum Gasteiger partial charge on any atom is 0.227 e. The molecule has 0 atom stereocenters. The number of hydrogen-bond donors (Lipinski definition) is 1. The summed E-state index contributed by atoms with van der Waals surface area (Å²) < 4.78 is 6.00. The van der Waals surface area contributed by atoms with Gasteiger partial charge in [-0.3, -0.25) is 14.9 Å². The molecule has 162 valence electrons. The molecule has 0 saturated heterocycles. The highest BCUT2D eigenvalue weighted by atomic mass is 35.5. The minimum atomic E-state index is -0.415. The molecule has 5 nitrogen and oxygen atoms in total. The molecule has 0 spiro atoms. The SMILES string of the molecule is N#Cc1c(NC(=O)CCC(=O)c2ccc(Cl)cc2)oc(-c2ccccc2)c1-c1ccccc1. The molecule has 3 aromatic carbocycles. The number of hydrogen-bond acceptors (Lipinski definition) is 4. The van der Waals surface area contributed by atoms with Crippen molar-refractivity contribution in [2.75, 3.05) is 5.32 Å². The molecule has 0 radical (unpaired) electrons. The van der Waals surface area contributed by atoms with Crippen molar-refractivity contribution in [1.29, 1.82) is 5.26 Å². The minimum absolute atomic E-state index is 0.0210. The molecule has 1 N–H and O–H groups in total. The van der Waals surface area contributed by atoms with E-state index in [4.69, 9.17) is 16.0 Å². The van der Waals surface area contributed by atoms with E-state index in [0.717, 1.165) is 11.1 Å². The highest BCUT2D eigenvalue weighted by Gasteiger charge is 2.24. The van der Waals surface area contributed by atoms with Crippen LogP contribution < -0.4 is 5.32 Å². The third-order valence-corrected chi connectivity index (χ3v) is 5.37. The van der Waals surface area contributed by atoms with E-state index in [1.807, 2.05) is 60.7 Å². The molecule has 4 aromatic rings. The number of nitrogens with zero attached hydrogens (tertiary/aromatic N) is 1. The van der Waals surface area contributed by atoms with Crippen molar-refractivity contribution in [1.82, 2.24) is 0 Å². The van der Waals surface area contributed by atoms with Crippen LogP contribution in [0.2, 0.25) is 5.02 Å². The van der Waals surface area contributed by atoms with Crippen LogP contribution in [-0.4, -0.2) is 11.7 Å². The van der Waals surface area contributed by atoms with Gasteiger partial charge >= 0.3 is 0 Å². The summed E-state index contributed by atoms with van der Waals surface area (Å²) in [6.45, 7) is 0. The molecule has 1 aromatic heterocycles. The van der Waals surface area contributed by atoms with Gasteiger partial charge in [-0.2, -0.15) is 5.26 Å². The van der Waals surface area contributed by atoms with Crippen molar-refractivity contribution >= 4 is 29.2 Å². The minimum Gasteiger partial charge on any atom is -0.438 e. The number of rotatable bonds is 7. The Hall–Kier alpha value is -4.14. The zero-order chi connectivity index (χ0) is 23.2. The van der Waals surface area contributed by atoms with Gasteiger partial charge in [-0.25, -0.2) is 0 Å². The number of benzene rings is 3. The van der Waals surface area contributed by atoms with Crippen LogP contribution in [0.4, 0.5) is 5.88 Å². The van der Waals surface area contributed by atoms with Crippen LogP contribution in [0.5, 0.6) is 0 Å². The molecule has 4 rings (SSSR count). The van der Waals surface area contributed by atoms with Crippen LogP contribution in [0.1, 0.15) is 28.8 Å². The fourth-order valence-corrected chi connectivity index (χ4v) is 3.62. The zero-order valence-electron chi connectivity index (χ0n) is 17.5. The summed E-state index contributed by atoms with van der Waals surface area (Å²) in [6, 6.07) is 27.5. The molecule has 1 heterocycles. The lowest BCUT2D eigenvalue weighted by atomic mass is 9.98. The molecular formula is C27H19ClN2O3. The van der Waals surface area contributed by atoms with E-state index in [9.17, 15) is 14.9 Å². The van der Waals surface area contributed by atoms with Crippen LogP contribution in [0.3, 0.4) is 0 Å². The lowest BCUT2D eigenvalue weighted by Gasteiger charge is -2.03. The number of anilines is 1. The highest BCUT2D eigenvalue weighted by Crippen LogP contribution is 2.41. The molecule has 0 aliphatic rings. The van der Waals surface area contributed by atoms with E-state index in [0.29, 0.717) is 21.9 Å².